The van der Waals surface area contributed by atoms with Crippen LogP contribution < -0.4 is 10.1 Å². The molecular formula is C32H36N2O6. The molecule has 1 heterocycles. The summed E-state index contributed by atoms with van der Waals surface area (Å²) in [5, 5.41) is 11.7. The molecule has 0 bridgehead atoms. The predicted molar refractivity (Wildman–Crippen MR) is 151 cm³/mol. The number of hydrogen-bond acceptors (Lipinski definition) is 5. The molecular weight excluding hydrogens is 508 g/mol. The van der Waals surface area contributed by atoms with E-state index < -0.39 is 23.6 Å². The number of carboxylic acids is 1. The molecule has 0 saturated carbocycles. The fourth-order valence-corrected chi connectivity index (χ4v) is 5.26. The van der Waals surface area contributed by atoms with Crippen LogP contribution in [0.15, 0.2) is 84.9 Å². The lowest BCUT2D eigenvalue weighted by atomic mass is 9.72. The Hall–Kier alpha value is -4.17. The number of benzene rings is 3. The molecule has 1 aliphatic heterocycles. The molecule has 4 rings (SSSR count). The van der Waals surface area contributed by atoms with Gasteiger partial charge < -0.3 is 19.9 Å². The number of amides is 3. The van der Waals surface area contributed by atoms with Crippen LogP contribution in [-0.2, 0) is 20.7 Å². The average Bonchev–Trinajstić information content (AvgIpc) is 2.97. The second-order valence-electron chi connectivity index (χ2n) is 9.92. The number of aliphatic carboxylic acids is 1. The zero-order chi connectivity index (χ0) is 28.5. The Labute approximate surface area is 234 Å². The molecule has 8 nitrogen and oxygen atoms in total. The lowest BCUT2D eigenvalue weighted by molar-refractivity contribution is -0.191. The van der Waals surface area contributed by atoms with E-state index in [2.05, 4.69) is 29.6 Å². The molecule has 1 saturated heterocycles. The van der Waals surface area contributed by atoms with Gasteiger partial charge in [-0.2, -0.15) is 0 Å². The third kappa shape index (κ3) is 6.34. The number of nitrogens with one attached hydrogen (secondary N) is 1. The number of ether oxygens (including phenoxy) is 2. The van der Waals surface area contributed by atoms with Crippen LogP contribution in [-0.4, -0.2) is 47.5 Å². The van der Waals surface area contributed by atoms with E-state index in [9.17, 15) is 14.4 Å². The van der Waals surface area contributed by atoms with Gasteiger partial charge in [0.1, 0.15) is 17.9 Å². The molecule has 3 aromatic carbocycles. The Morgan fingerprint density at radius 1 is 0.925 bits per heavy atom. The fraction of sp³-hybridized carbons (Fsp3) is 0.344. The minimum Gasteiger partial charge on any atom is -0.481 e. The Kier molecular flexibility index (Phi) is 9.56. The number of rotatable bonds is 13. The maximum Gasteiger partial charge on any atom is 0.328 e. The third-order valence-corrected chi connectivity index (χ3v) is 7.64. The van der Waals surface area contributed by atoms with E-state index in [1.807, 2.05) is 50.2 Å². The Morgan fingerprint density at radius 2 is 1.50 bits per heavy atom. The number of carbonyl (C=O) groups is 3. The lowest BCUT2D eigenvalue weighted by Crippen LogP contribution is -2.73. The second kappa shape index (κ2) is 13.3. The molecule has 1 fully saturated rings. The topological polar surface area (TPSA) is 105 Å². The van der Waals surface area contributed by atoms with Crippen molar-refractivity contribution in [1.82, 2.24) is 10.2 Å². The van der Waals surface area contributed by atoms with Gasteiger partial charge >= 0.3 is 12.0 Å². The van der Waals surface area contributed by atoms with Crippen molar-refractivity contribution in [1.29, 1.82) is 0 Å². The van der Waals surface area contributed by atoms with Crippen LogP contribution in [0.4, 0.5) is 4.79 Å². The van der Waals surface area contributed by atoms with Crippen LogP contribution in [0.25, 0.3) is 0 Å². The zero-order valence-electron chi connectivity index (χ0n) is 22.9. The summed E-state index contributed by atoms with van der Waals surface area (Å²) in [6.07, 6.45) is 0.892. The van der Waals surface area contributed by atoms with Crippen molar-refractivity contribution in [3.05, 3.63) is 102 Å². The normalized spacial score (nSPS) is 15.9. The first-order valence-corrected chi connectivity index (χ1v) is 13.7. The summed E-state index contributed by atoms with van der Waals surface area (Å²) in [5.41, 5.74) is 2.21. The standard InChI is InChI=1S/C32H36N2O6/c1-3-32(4-2)29(37)34(30(32)40-26-17-15-23(16-18-26)21-28(35)36)31(38)33-22-39-20-19-27(24-11-7-5-8-12-24)25-13-9-6-10-14-25/h5-18,27,30H,3-4,19-22H2,1-2H3,(H,33,38)(H,35,36). The number of hydrogen-bond donors (Lipinski definition) is 2. The molecule has 0 aliphatic carbocycles. The first-order chi connectivity index (χ1) is 19.4. The van der Waals surface area contributed by atoms with Crippen LogP contribution >= 0.6 is 0 Å². The molecule has 3 aromatic rings. The summed E-state index contributed by atoms with van der Waals surface area (Å²) in [4.78, 5) is 38.2. The molecule has 2 N–H and O–H groups in total. The highest BCUT2D eigenvalue weighted by Crippen LogP contribution is 2.46. The van der Waals surface area contributed by atoms with Gasteiger partial charge in [-0.25, -0.2) is 9.69 Å². The maximum atomic E-state index is 13.1. The van der Waals surface area contributed by atoms with Crippen molar-refractivity contribution in [3.8, 4) is 5.75 Å². The van der Waals surface area contributed by atoms with Gasteiger partial charge in [0.25, 0.3) is 0 Å². The van der Waals surface area contributed by atoms with Gasteiger partial charge in [-0.1, -0.05) is 86.6 Å². The number of carboxylic acid groups (broad SMARTS) is 1. The minimum atomic E-state index is -0.921. The van der Waals surface area contributed by atoms with Crippen LogP contribution in [0.3, 0.4) is 0 Å². The highest BCUT2D eigenvalue weighted by atomic mass is 16.5. The average molecular weight is 545 g/mol. The third-order valence-electron chi connectivity index (χ3n) is 7.64. The van der Waals surface area contributed by atoms with Crippen molar-refractivity contribution in [2.24, 2.45) is 5.41 Å². The number of β-lactam (4-membered cyclic amide) rings is 1. The summed E-state index contributed by atoms with van der Waals surface area (Å²) in [6.45, 7) is 4.18. The van der Waals surface area contributed by atoms with Crippen LogP contribution in [0, 0.1) is 5.41 Å². The van der Waals surface area contributed by atoms with Crippen LogP contribution in [0.1, 0.15) is 55.7 Å². The second-order valence-corrected chi connectivity index (χ2v) is 9.92. The summed E-state index contributed by atoms with van der Waals surface area (Å²) >= 11 is 0. The van der Waals surface area contributed by atoms with E-state index in [4.69, 9.17) is 14.6 Å². The smallest absolute Gasteiger partial charge is 0.328 e. The molecule has 210 valence electrons. The highest BCUT2D eigenvalue weighted by molar-refractivity contribution is 6.03. The van der Waals surface area contributed by atoms with E-state index in [1.54, 1.807) is 24.3 Å². The van der Waals surface area contributed by atoms with Crippen molar-refractivity contribution in [2.45, 2.75) is 51.7 Å². The largest absolute Gasteiger partial charge is 0.481 e. The van der Waals surface area contributed by atoms with Crippen LogP contribution in [0.2, 0.25) is 0 Å². The number of nitrogens with zero attached hydrogens (tertiary/aromatic N) is 1. The molecule has 0 spiro atoms. The summed E-state index contributed by atoms with van der Waals surface area (Å²) in [5.74, 6) is -0.588. The lowest BCUT2D eigenvalue weighted by Gasteiger charge is -2.53. The van der Waals surface area contributed by atoms with E-state index >= 15 is 0 Å². The van der Waals surface area contributed by atoms with Gasteiger partial charge in [-0.15, -0.1) is 0 Å². The molecule has 1 aliphatic rings. The summed E-state index contributed by atoms with van der Waals surface area (Å²) in [7, 11) is 0. The zero-order valence-corrected chi connectivity index (χ0v) is 22.9. The molecule has 8 heteroatoms. The fourth-order valence-electron chi connectivity index (χ4n) is 5.26. The van der Waals surface area contributed by atoms with Gasteiger partial charge in [0.15, 0.2) is 6.23 Å². The van der Waals surface area contributed by atoms with Crippen molar-refractivity contribution < 1.29 is 29.0 Å². The van der Waals surface area contributed by atoms with Crippen molar-refractivity contribution in [2.75, 3.05) is 13.3 Å². The maximum absolute atomic E-state index is 13.1. The van der Waals surface area contributed by atoms with Crippen molar-refractivity contribution >= 4 is 17.9 Å². The predicted octanol–water partition coefficient (Wildman–Crippen LogP) is 5.57. The highest BCUT2D eigenvalue weighted by Gasteiger charge is 2.62. The van der Waals surface area contributed by atoms with E-state index in [0.717, 1.165) is 11.3 Å². The number of imide groups is 1. The molecule has 0 radical (unpaired) electrons. The first kappa shape index (κ1) is 28.8. The van der Waals surface area contributed by atoms with Crippen LogP contribution in [0.5, 0.6) is 5.75 Å². The quantitative estimate of drug-likeness (QED) is 0.166. The molecule has 1 atom stereocenters. The van der Waals surface area contributed by atoms with Gasteiger partial charge in [-0.05, 0) is 48.1 Å². The molecule has 3 amide bonds. The van der Waals surface area contributed by atoms with E-state index in [0.29, 0.717) is 30.8 Å². The number of likely N-dealkylation sites (tertiary alicyclic amines) is 1. The molecule has 1 unspecified atom stereocenters. The molecule has 40 heavy (non-hydrogen) atoms. The number of carbonyl (C=O) groups excluding carboxylic acids is 2. The van der Waals surface area contributed by atoms with Crippen molar-refractivity contribution in [3.63, 3.8) is 0 Å². The van der Waals surface area contributed by atoms with Gasteiger partial charge in [0.05, 0.1) is 6.42 Å². The number of urea groups is 1. The van der Waals surface area contributed by atoms with Gasteiger partial charge in [0, 0.05) is 12.5 Å². The van der Waals surface area contributed by atoms with Gasteiger partial charge in [-0.3, -0.25) is 9.59 Å². The monoisotopic (exact) mass is 544 g/mol. The Balaban J connectivity index is 1.34. The Bertz CT molecular complexity index is 1240. The SMILES string of the molecule is CCC1(CC)C(=O)N(C(=O)NCOCCC(c2ccccc2)c2ccccc2)C1Oc1ccc(CC(=O)O)cc1. The van der Waals surface area contributed by atoms with E-state index in [-0.39, 0.29) is 25.0 Å². The van der Waals surface area contributed by atoms with E-state index in [1.165, 1.54) is 11.1 Å². The minimum absolute atomic E-state index is 0.0409. The molecule has 0 aromatic heterocycles. The summed E-state index contributed by atoms with van der Waals surface area (Å²) in [6, 6.07) is 26.5. The first-order valence-electron chi connectivity index (χ1n) is 13.7. The Morgan fingerprint density at radius 3 is 2.02 bits per heavy atom. The van der Waals surface area contributed by atoms with Gasteiger partial charge in [0.2, 0.25) is 5.91 Å². The summed E-state index contributed by atoms with van der Waals surface area (Å²) < 4.78 is 11.9.